The van der Waals surface area contributed by atoms with Crippen LogP contribution >= 0.6 is 11.8 Å². The Morgan fingerprint density at radius 3 is 2.63 bits per heavy atom. The summed E-state index contributed by atoms with van der Waals surface area (Å²) in [5.74, 6) is 1.28. The highest BCUT2D eigenvalue weighted by Crippen LogP contribution is 2.32. The monoisotopic (exact) mass is 275 g/mol. The van der Waals surface area contributed by atoms with E-state index in [1.807, 2.05) is 30.3 Å². The SMILES string of the molecule is [CH2]n1c(C(C)CC)nc(Sc2ccccc2)c1CO. The minimum absolute atomic E-state index is 0.0396. The normalized spacial score (nSPS) is 12.6. The molecule has 0 aliphatic rings. The summed E-state index contributed by atoms with van der Waals surface area (Å²) in [4.78, 5) is 5.77. The molecule has 0 spiro atoms. The number of benzene rings is 1. The Balaban J connectivity index is 2.35. The smallest absolute Gasteiger partial charge is 0.125 e. The standard InChI is InChI=1S/C15H19N2OS/c1-4-11(2)14-16-15(13(10-18)17(14)3)19-12-8-6-5-7-9-12/h5-9,11,18H,3-4,10H2,1-2H3. The summed E-state index contributed by atoms with van der Waals surface area (Å²) in [6.45, 7) is 4.21. The molecule has 1 aromatic carbocycles. The molecule has 0 saturated carbocycles. The van der Waals surface area contributed by atoms with Gasteiger partial charge in [-0.1, -0.05) is 43.8 Å². The lowest BCUT2D eigenvalue weighted by Gasteiger charge is -2.08. The second-order valence-corrected chi connectivity index (χ2v) is 5.59. The highest BCUT2D eigenvalue weighted by atomic mass is 32.2. The third kappa shape index (κ3) is 3.01. The summed E-state index contributed by atoms with van der Waals surface area (Å²) >= 11 is 1.57. The predicted octanol–water partition coefficient (Wildman–Crippen LogP) is 3.68. The number of hydrogen-bond donors (Lipinski definition) is 1. The molecule has 1 heterocycles. The van der Waals surface area contributed by atoms with Crippen LogP contribution in [0.2, 0.25) is 0 Å². The van der Waals surface area contributed by atoms with E-state index in [9.17, 15) is 5.11 Å². The molecular formula is C15H19N2OS. The molecular weight excluding hydrogens is 256 g/mol. The summed E-state index contributed by atoms with van der Waals surface area (Å²) in [5, 5.41) is 10.4. The Morgan fingerprint density at radius 1 is 1.37 bits per heavy atom. The number of rotatable bonds is 5. The Kier molecular flexibility index (Phi) is 4.66. The van der Waals surface area contributed by atoms with Crippen molar-refractivity contribution in [3.05, 3.63) is 48.9 Å². The van der Waals surface area contributed by atoms with E-state index < -0.39 is 0 Å². The van der Waals surface area contributed by atoms with Crippen LogP contribution < -0.4 is 0 Å². The largest absolute Gasteiger partial charge is 0.390 e. The third-order valence-electron chi connectivity index (χ3n) is 3.23. The summed E-state index contributed by atoms with van der Waals surface area (Å²) in [6, 6.07) is 10.1. The molecule has 0 aliphatic heterocycles. The van der Waals surface area contributed by atoms with Crippen LogP contribution in [0.3, 0.4) is 0 Å². The Morgan fingerprint density at radius 2 is 2.05 bits per heavy atom. The molecule has 0 bridgehead atoms. The van der Waals surface area contributed by atoms with Crippen molar-refractivity contribution in [2.75, 3.05) is 0 Å². The fraction of sp³-hybridized carbons (Fsp3) is 0.333. The van der Waals surface area contributed by atoms with Gasteiger partial charge >= 0.3 is 0 Å². The van der Waals surface area contributed by atoms with E-state index in [0.717, 1.165) is 27.9 Å². The van der Waals surface area contributed by atoms with Crippen LogP contribution in [0.1, 0.15) is 37.7 Å². The zero-order valence-electron chi connectivity index (χ0n) is 11.3. The maximum atomic E-state index is 9.53. The molecule has 0 fully saturated rings. The van der Waals surface area contributed by atoms with Gasteiger partial charge in [0.15, 0.2) is 0 Å². The van der Waals surface area contributed by atoms with Gasteiger partial charge in [0.05, 0.1) is 12.3 Å². The minimum Gasteiger partial charge on any atom is -0.390 e. The van der Waals surface area contributed by atoms with Gasteiger partial charge in [-0.2, -0.15) is 0 Å². The average Bonchev–Trinajstić information content (AvgIpc) is 2.75. The molecule has 4 heteroatoms. The van der Waals surface area contributed by atoms with E-state index in [2.05, 4.69) is 25.9 Å². The maximum Gasteiger partial charge on any atom is 0.125 e. The average molecular weight is 275 g/mol. The van der Waals surface area contributed by atoms with Crippen LogP contribution in [0.15, 0.2) is 40.3 Å². The Hall–Kier alpha value is -1.26. The zero-order chi connectivity index (χ0) is 13.8. The van der Waals surface area contributed by atoms with Crippen LogP contribution in [0.5, 0.6) is 0 Å². The van der Waals surface area contributed by atoms with Gasteiger partial charge in [-0.3, -0.25) is 0 Å². The zero-order valence-corrected chi connectivity index (χ0v) is 12.2. The molecule has 0 amide bonds. The third-order valence-corrected chi connectivity index (χ3v) is 4.25. The molecule has 2 rings (SSSR count). The Bertz CT molecular complexity index is 537. The number of nitrogens with zero attached hydrogens (tertiary/aromatic N) is 2. The second kappa shape index (κ2) is 6.26. The topological polar surface area (TPSA) is 38.0 Å². The van der Waals surface area contributed by atoms with Crippen LogP contribution in [-0.2, 0) is 6.61 Å². The highest BCUT2D eigenvalue weighted by Gasteiger charge is 2.18. The van der Waals surface area contributed by atoms with E-state index in [4.69, 9.17) is 0 Å². The van der Waals surface area contributed by atoms with E-state index in [1.165, 1.54) is 0 Å². The lowest BCUT2D eigenvalue weighted by atomic mass is 10.1. The van der Waals surface area contributed by atoms with E-state index in [-0.39, 0.29) is 6.61 Å². The van der Waals surface area contributed by atoms with Crippen molar-refractivity contribution in [3.8, 4) is 0 Å². The van der Waals surface area contributed by atoms with Crippen molar-refractivity contribution in [2.24, 2.45) is 0 Å². The summed E-state index contributed by atoms with van der Waals surface area (Å²) in [5.41, 5.74) is 0.782. The van der Waals surface area contributed by atoms with Gasteiger partial charge in [-0.05, 0) is 18.6 Å². The maximum absolute atomic E-state index is 9.53. The summed E-state index contributed by atoms with van der Waals surface area (Å²) in [7, 11) is 4.00. The van der Waals surface area contributed by atoms with Gasteiger partial charge in [-0.25, -0.2) is 4.98 Å². The van der Waals surface area contributed by atoms with Gasteiger partial charge in [0.1, 0.15) is 10.9 Å². The van der Waals surface area contributed by atoms with Crippen LogP contribution in [-0.4, -0.2) is 14.7 Å². The molecule has 1 unspecified atom stereocenters. The number of aromatic nitrogens is 2. The number of aliphatic hydroxyl groups excluding tert-OH is 1. The molecule has 101 valence electrons. The highest BCUT2D eigenvalue weighted by molar-refractivity contribution is 7.99. The van der Waals surface area contributed by atoms with E-state index in [0.29, 0.717) is 5.92 Å². The van der Waals surface area contributed by atoms with Gasteiger partial charge < -0.3 is 9.67 Å². The van der Waals surface area contributed by atoms with Gasteiger partial charge in [0.25, 0.3) is 0 Å². The molecule has 1 atom stereocenters. The molecule has 3 nitrogen and oxygen atoms in total. The molecule has 0 aliphatic carbocycles. The second-order valence-electron chi connectivity index (χ2n) is 4.53. The van der Waals surface area contributed by atoms with Crippen LogP contribution in [0, 0.1) is 7.05 Å². The first kappa shape index (κ1) is 14.2. The Labute approximate surface area is 118 Å². The van der Waals surface area contributed by atoms with Crippen molar-refractivity contribution in [1.29, 1.82) is 0 Å². The van der Waals surface area contributed by atoms with Crippen molar-refractivity contribution in [2.45, 2.75) is 42.7 Å². The van der Waals surface area contributed by atoms with Gasteiger partial charge in [0, 0.05) is 17.9 Å². The van der Waals surface area contributed by atoms with E-state index >= 15 is 0 Å². The molecule has 2 aromatic rings. The quantitative estimate of drug-likeness (QED) is 0.904. The summed E-state index contributed by atoms with van der Waals surface area (Å²) in [6.07, 6.45) is 1.01. The molecule has 1 radical (unpaired) electrons. The lowest BCUT2D eigenvalue weighted by molar-refractivity contribution is 0.270. The first-order chi connectivity index (χ1) is 9.17. The first-order valence-corrected chi connectivity index (χ1v) is 7.25. The van der Waals surface area contributed by atoms with Crippen molar-refractivity contribution >= 4 is 11.8 Å². The number of imidazole rings is 1. The van der Waals surface area contributed by atoms with E-state index in [1.54, 1.807) is 16.3 Å². The first-order valence-electron chi connectivity index (χ1n) is 6.43. The molecule has 1 N–H and O–H groups in total. The fourth-order valence-electron chi connectivity index (χ4n) is 1.88. The van der Waals surface area contributed by atoms with Gasteiger partial charge in [-0.15, -0.1) is 0 Å². The van der Waals surface area contributed by atoms with Gasteiger partial charge in [0.2, 0.25) is 0 Å². The number of hydrogen-bond acceptors (Lipinski definition) is 3. The van der Waals surface area contributed by atoms with Crippen LogP contribution in [0.4, 0.5) is 0 Å². The lowest BCUT2D eigenvalue weighted by Crippen LogP contribution is -2.03. The molecule has 0 saturated heterocycles. The van der Waals surface area contributed by atoms with Crippen molar-refractivity contribution in [3.63, 3.8) is 0 Å². The molecule has 1 aromatic heterocycles. The van der Waals surface area contributed by atoms with Crippen molar-refractivity contribution in [1.82, 2.24) is 9.55 Å². The summed E-state index contributed by atoms with van der Waals surface area (Å²) < 4.78 is 1.78. The number of aliphatic hydroxyl groups is 1. The predicted molar refractivity (Wildman–Crippen MR) is 78.2 cm³/mol. The molecule has 19 heavy (non-hydrogen) atoms. The minimum atomic E-state index is -0.0396. The van der Waals surface area contributed by atoms with Crippen molar-refractivity contribution < 1.29 is 5.11 Å². The van der Waals surface area contributed by atoms with Crippen LogP contribution in [0.25, 0.3) is 0 Å². The fourth-order valence-corrected chi connectivity index (χ4v) is 2.82.